The molecule has 1 aliphatic rings. The fourth-order valence-electron chi connectivity index (χ4n) is 3.17. The summed E-state index contributed by atoms with van der Waals surface area (Å²) in [4.78, 5) is 12.7. The van der Waals surface area contributed by atoms with E-state index in [2.05, 4.69) is 12.2 Å². The van der Waals surface area contributed by atoms with Gasteiger partial charge in [-0.1, -0.05) is 18.6 Å². The molecule has 2 atom stereocenters. The third-order valence-corrected chi connectivity index (χ3v) is 4.68. The maximum atomic E-state index is 12.7. The predicted octanol–water partition coefficient (Wildman–Crippen LogP) is 2.99. The predicted molar refractivity (Wildman–Crippen MR) is 101 cm³/mol. The number of carbonyl (C=O) groups is 1. The Bertz CT molecular complexity index is 754. The normalized spacial score (nSPS) is 18.5. The molecule has 5 nitrogen and oxygen atoms in total. The summed E-state index contributed by atoms with van der Waals surface area (Å²) < 4.78 is 6.06. The van der Waals surface area contributed by atoms with Gasteiger partial charge in [0.25, 0.3) is 0 Å². The van der Waals surface area contributed by atoms with E-state index in [4.69, 9.17) is 16.2 Å². The molecule has 0 aromatic heterocycles. The molecule has 2 aromatic rings. The standard InChI is InChI=1S/C20H25N3O2/c1-13(19-7-2-3-10-23-19)25-16-6-4-5-14(11-16)20(24)15-8-9-17(21)18(22)12-15/h4-6,8-9,11-13,19,23H,2-3,7,10,21-22H2,1H3. The van der Waals surface area contributed by atoms with Crippen molar-refractivity contribution in [3.05, 3.63) is 53.6 Å². The Morgan fingerprint density at radius 3 is 2.64 bits per heavy atom. The number of nitrogens with one attached hydrogen (secondary N) is 1. The Morgan fingerprint density at radius 2 is 1.92 bits per heavy atom. The van der Waals surface area contributed by atoms with Gasteiger partial charge in [-0.2, -0.15) is 0 Å². The van der Waals surface area contributed by atoms with Gasteiger partial charge in [-0.05, 0) is 56.6 Å². The van der Waals surface area contributed by atoms with Crippen LogP contribution < -0.4 is 21.5 Å². The fourth-order valence-corrected chi connectivity index (χ4v) is 3.17. The molecule has 0 bridgehead atoms. The molecule has 1 saturated heterocycles. The molecule has 0 spiro atoms. The van der Waals surface area contributed by atoms with Gasteiger partial charge in [-0.15, -0.1) is 0 Å². The number of anilines is 2. The second-order valence-electron chi connectivity index (χ2n) is 6.58. The molecule has 132 valence electrons. The summed E-state index contributed by atoms with van der Waals surface area (Å²) in [5.74, 6) is 0.606. The molecule has 0 aliphatic carbocycles. The Morgan fingerprint density at radius 1 is 1.12 bits per heavy atom. The molecule has 0 radical (unpaired) electrons. The van der Waals surface area contributed by atoms with Gasteiger partial charge < -0.3 is 21.5 Å². The molecule has 0 amide bonds. The Hall–Kier alpha value is -2.53. The highest BCUT2D eigenvalue weighted by molar-refractivity contribution is 6.10. The maximum absolute atomic E-state index is 12.7. The second kappa shape index (κ2) is 7.57. The van der Waals surface area contributed by atoms with Crippen LogP contribution in [0.4, 0.5) is 11.4 Å². The lowest BCUT2D eigenvalue weighted by molar-refractivity contribution is 0.103. The number of benzene rings is 2. The summed E-state index contributed by atoms with van der Waals surface area (Å²) in [5.41, 5.74) is 13.5. The highest BCUT2D eigenvalue weighted by Crippen LogP contribution is 2.22. The minimum atomic E-state index is -0.0967. The molecule has 1 fully saturated rings. The summed E-state index contributed by atoms with van der Waals surface area (Å²) in [6.45, 7) is 3.10. The first-order valence-electron chi connectivity index (χ1n) is 8.74. The van der Waals surface area contributed by atoms with Crippen LogP contribution in [-0.2, 0) is 0 Å². The minimum absolute atomic E-state index is 0.0535. The van der Waals surface area contributed by atoms with E-state index >= 15 is 0 Å². The number of hydrogen-bond acceptors (Lipinski definition) is 5. The van der Waals surface area contributed by atoms with Crippen molar-refractivity contribution in [1.29, 1.82) is 0 Å². The van der Waals surface area contributed by atoms with Gasteiger partial charge >= 0.3 is 0 Å². The van der Waals surface area contributed by atoms with Crippen molar-refractivity contribution in [2.24, 2.45) is 0 Å². The highest BCUT2D eigenvalue weighted by atomic mass is 16.5. The van der Waals surface area contributed by atoms with Crippen LogP contribution in [0, 0.1) is 0 Å². The van der Waals surface area contributed by atoms with Gasteiger partial charge in [-0.25, -0.2) is 0 Å². The second-order valence-corrected chi connectivity index (χ2v) is 6.58. The zero-order valence-electron chi connectivity index (χ0n) is 14.5. The summed E-state index contributed by atoms with van der Waals surface area (Å²) in [6.07, 6.45) is 3.61. The smallest absolute Gasteiger partial charge is 0.193 e. The molecule has 3 rings (SSSR count). The van der Waals surface area contributed by atoms with E-state index in [0.29, 0.717) is 34.3 Å². The number of ether oxygens (including phenoxy) is 1. The van der Waals surface area contributed by atoms with Crippen LogP contribution in [0.15, 0.2) is 42.5 Å². The molecule has 0 saturated carbocycles. The number of rotatable bonds is 5. The Kier molecular flexibility index (Phi) is 5.24. The van der Waals surface area contributed by atoms with E-state index in [1.165, 1.54) is 12.8 Å². The van der Waals surface area contributed by atoms with E-state index in [-0.39, 0.29) is 11.9 Å². The number of ketones is 1. The number of nitrogens with two attached hydrogens (primary N) is 2. The van der Waals surface area contributed by atoms with Gasteiger partial charge in [0, 0.05) is 17.2 Å². The molecule has 1 aliphatic heterocycles. The molecule has 1 heterocycles. The van der Waals surface area contributed by atoms with E-state index in [0.717, 1.165) is 13.0 Å². The number of nitrogen functional groups attached to an aromatic ring is 2. The average Bonchev–Trinajstić information content (AvgIpc) is 2.64. The molecule has 2 aromatic carbocycles. The molecule has 5 N–H and O–H groups in total. The SMILES string of the molecule is CC(Oc1cccc(C(=O)c2ccc(N)c(N)c2)c1)C1CCCCN1. The van der Waals surface area contributed by atoms with Crippen LogP contribution in [0.25, 0.3) is 0 Å². The minimum Gasteiger partial charge on any atom is -0.489 e. The zero-order chi connectivity index (χ0) is 17.8. The zero-order valence-corrected chi connectivity index (χ0v) is 14.5. The number of hydrogen-bond donors (Lipinski definition) is 3. The molecular weight excluding hydrogens is 314 g/mol. The third-order valence-electron chi connectivity index (χ3n) is 4.68. The average molecular weight is 339 g/mol. The van der Waals surface area contributed by atoms with Crippen molar-refractivity contribution < 1.29 is 9.53 Å². The lowest BCUT2D eigenvalue weighted by Gasteiger charge is -2.29. The van der Waals surface area contributed by atoms with Crippen molar-refractivity contribution >= 4 is 17.2 Å². The topological polar surface area (TPSA) is 90.4 Å². The van der Waals surface area contributed by atoms with Crippen molar-refractivity contribution in [3.63, 3.8) is 0 Å². The van der Waals surface area contributed by atoms with Gasteiger partial charge in [0.15, 0.2) is 5.78 Å². The van der Waals surface area contributed by atoms with Crippen LogP contribution in [0.2, 0.25) is 0 Å². The summed E-state index contributed by atoms with van der Waals surface area (Å²) in [6, 6.07) is 12.6. The summed E-state index contributed by atoms with van der Waals surface area (Å²) in [5, 5.41) is 3.50. The van der Waals surface area contributed by atoms with Gasteiger partial charge in [0.2, 0.25) is 0 Å². The fraction of sp³-hybridized carbons (Fsp3) is 0.350. The Labute approximate surface area is 148 Å². The van der Waals surface area contributed by atoms with Gasteiger partial charge in [0.05, 0.1) is 11.4 Å². The largest absolute Gasteiger partial charge is 0.489 e. The number of piperidine rings is 1. The first kappa shape index (κ1) is 17.3. The van der Waals surface area contributed by atoms with E-state index in [1.54, 1.807) is 30.3 Å². The van der Waals surface area contributed by atoms with Crippen LogP contribution in [0.3, 0.4) is 0 Å². The molecule has 2 unspecified atom stereocenters. The summed E-state index contributed by atoms with van der Waals surface area (Å²) in [7, 11) is 0. The van der Waals surface area contributed by atoms with Crippen LogP contribution in [0.5, 0.6) is 5.75 Å². The molecule has 5 heteroatoms. The lowest BCUT2D eigenvalue weighted by Crippen LogP contribution is -2.44. The Balaban J connectivity index is 1.74. The first-order chi connectivity index (χ1) is 12.0. The van der Waals surface area contributed by atoms with E-state index < -0.39 is 0 Å². The quantitative estimate of drug-likeness (QED) is 0.575. The van der Waals surface area contributed by atoms with Crippen LogP contribution in [0.1, 0.15) is 42.1 Å². The monoisotopic (exact) mass is 339 g/mol. The van der Waals surface area contributed by atoms with E-state index in [1.807, 2.05) is 12.1 Å². The van der Waals surface area contributed by atoms with Gasteiger partial charge in [-0.3, -0.25) is 4.79 Å². The number of carbonyl (C=O) groups excluding carboxylic acids is 1. The van der Waals surface area contributed by atoms with Crippen molar-refractivity contribution in [1.82, 2.24) is 5.32 Å². The third kappa shape index (κ3) is 4.12. The van der Waals surface area contributed by atoms with Crippen LogP contribution >= 0.6 is 0 Å². The van der Waals surface area contributed by atoms with Crippen molar-refractivity contribution in [2.75, 3.05) is 18.0 Å². The van der Waals surface area contributed by atoms with Gasteiger partial charge in [0.1, 0.15) is 11.9 Å². The summed E-state index contributed by atoms with van der Waals surface area (Å²) >= 11 is 0. The maximum Gasteiger partial charge on any atom is 0.193 e. The van der Waals surface area contributed by atoms with Crippen LogP contribution in [-0.4, -0.2) is 24.5 Å². The first-order valence-corrected chi connectivity index (χ1v) is 8.74. The lowest BCUT2D eigenvalue weighted by atomic mass is 10.0. The highest BCUT2D eigenvalue weighted by Gasteiger charge is 2.21. The van der Waals surface area contributed by atoms with Crippen molar-refractivity contribution in [2.45, 2.75) is 38.3 Å². The van der Waals surface area contributed by atoms with E-state index in [9.17, 15) is 4.79 Å². The molecular formula is C20H25N3O2. The van der Waals surface area contributed by atoms with Crippen molar-refractivity contribution in [3.8, 4) is 5.75 Å². The molecule has 25 heavy (non-hydrogen) atoms.